The van der Waals surface area contributed by atoms with E-state index in [0.29, 0.717) is 53.7 Å². The Hall–Kier alpha value is -11.9. The van der Waals surface area contributed by atoms with Crippen LogP contribution in [-0.2, 0) is 54.5 Å². The number of carbonyl (C=O) groups excluding carboxylic acids is 8. The molecule has 2 aromatic carbocycles. The zero-order valence-electron chi connectivity index (χ0n) is 48.9. The molecule has 0 radical (unpaired) electrons. The lowest BCUT2D eigenvalue weighted by Gasteiger charge is -2.09. The number of H-pyrrole nitrogens is 1. The summed E-state index contributed by atoms with van der Waals surface area (Å²) in [7, 11) is 9.19. The summed E-state index contributed by atoms with van der Waals surface area (Å²) in [5.74, 6) is 2.27. The van der Waals surface area contributed by atoms with E-state index in [1.807, 2.05) is 13.8 Å². The van der Waals surface area contributed by atoms with Crippen molar-refractivity contribution in [3.8, 4) is 51.7 Å². The Morgan fingerprint density at radius 1 is 0.506 bits per heavy atom. The number of furan rings is 2. The quantitative estimate of drug-likeness (QED) is 0.0660. The van der Waals surface area contributed by atoms with Gasteiger partial charge in [0.15, 0.2) is 69.0 Å². The molecule has 25 nitrogen and oxygen atoms in total. The predicted molar refractivity (Wildman–Crippen MR) is 305 cm³/mol. The molecule has 9 rings (SSSR count). The van der Waals surface area contributed by atoms with Gasteiger partial charge < -0.3 is 57.6 Å². The van der Waals surface area contributed by atoms with Crippen LogP contribution in [0.15, 0.2) is 154 Å². The highest BCUT2D eigenvalue weighted by Crippen LogP contribution is 2.32. The molecule has 0 saturated heterocycles. The summed E-state index contributed by atoms with van der Waals surface area (Å²) >= 11 is 0. The van der Waals surface area contributed by atoms with Crippen LogP contribution in [0.5, 0.6) is 51.7 Å². The van der Waals surface area contributed by atoms with Crippen molar-refractivity contribution in [2.75, 3.05) is 42.7 Å². The zero-order valence-corrected chi connectivity index (χ0v) is 48.9. The first-order chi connectivity index (χ1) is 42.9. The second kappa shape index (κ2) is 40.4. The first kappa shape index (κ1) is 73.2. The summed E-state index contributed by atoms with van der Waals surface area (Å²) in [6.07, 6.45) is 12.1. The molecule has 0 bridgehead atoms. The third-order valence-electron chi connectivity index (χ3n) is 11.2. The summed E-state index contributed by atoms with van der Waals surface area (Å²) in [6, 6.07) is 26.2. The number of nitrogens with one attached hydrogen (secondary N) is 1. The normalized spacial score (nSPS) is 9.37. The number of pyridine rings is 5. The molecule has 27 heteroatoms. The van der Waals surface area contributed by atoms with Crippen LogP contribution < -0.4 is 33.8 Å². The lowest BCUT2D eigenvalue weighted by molar-refractivity contribution is -0.193. The lowest BCUT2D eigenvalue weighted by Crippen LogP contribution is -2.09. The number of nitrogens with zero attached hydrogens (tertiary/aromatic N) is 4. The maximum absolute atomic E-state index is 13.0. The fourth-order valence-corrected chi connectivity index (χ4v) is 7.18. The minimum Gasteiger partial charge on any atom is -0.503 e. The standard InChI is InChI=1S/C19H16FNO4.C17H12FNO4.C9H13NO2.C8H11NO2.C6H7NO2.3CO2/c1-23-16-9-10-21-17(19(16)24-2)18(22)15-8-7-14(25-15)11-12-3-5-13(20)6-4-12;18-11-3-1-10(2-4-11)9-12-5-6-14(23-12)17(22)15-16(21)13(20)7-8-19-15;1-4-7-9(12-3)8(11-2)5-6-10-7;1-3-6-8(10)7(11-2)4-5-9-6;1-9-6-2-3-7-4-5(6)8;3*2-1-3/h3-10H,11H2,1-2H3;1-8,21H,9H2,(H,19,20);5-6H,4H2,1-3H3;4-5,10H,3H2,1-2H3;2-4,8H,1H3;;;. The number of ether oxygens (including phenoxy) is 6. The number of benzene rings is 2. The molecule has 7 heterocycles. The predicted octanol–water partition coefficient (Wildman–Crippen LogP) is 8.35. The molecule has 466 valence electrons. The van der Waals surface area contributed by atoms with Crippen molar-refractivity contribution in [3.63, 3.8) is 0 Å². The zero-order chi connectivity index (χ0) is 66.3. The average Bonchev–Trinajstić information content (AvgIpc) is 3.89. The second-order valence-corrected chi connectivity index (χ2v) is 16.6. The molecule has 0 aliphatic heterocycles. The first-order valence-corrected chi connectivity index (χ1v) is 25.5. The Morgan fingerprint density at radius 2 is 0.933 bits per heavy atom. The highest BCUT2D eigenvalue weighted by atomic mass is 19.1. The molecule has 0 unspecified atom stereocenters. The van der Waals surface area contributed by atoms with Crippen molar-refractivity contribution in [1.29, 1.82) is 0 Å². The summed E-state index contributed by atoms with van der Waals surface area (Å²) in [5.41, 5.74) is 2.55. The van der Waals surface area contributed by atoms with Crippen LogP contribution >= 0.6 is 0 Å². The number of halogens is 2. The average molecular weight is 1230 g/mol. The largest absolute Gasteiger partial charge is 0.503 e. The molecule has 0 fully saturated rings. The number of hydrogen-bond acceptors (Lipinski definition) is 24. The highest BCUT2D eigenvalue weighted by Gasteiger charge is 2.23. The SMILES string of the molecule is CCc1nccc(OC)c1O.CCc1nccc(OC)c1OC.COc1ccnc(C(=O)c2ccc(Cc3ccc(F)cc3)o2)c1OC.COc1ccncc1O.O=C(c1ccc(Cc2ccc(F)cc2)o1)c1[nH]ccc(=O)c1O.O=C=O.O=C=O.O=C=O. The van der Waals surface area contributed by atoms with E-state index in [1.165, 1.54) is 77.4 Å². The molecule has 0 saturated carbocycles. The maximum Gasteiger partial charge on any atom is 0.373 e. The van der Waals surface area contributed by atoms with E-state index >= 15 is 0 Å². The molecule has 0 atom stereocenters. The number of aryl methyl sites for hydroxylation is 2. The van der Waals surface area contributed by atoms with Gasteiger partial charge >= 0.3 is 18.5 Å². The number of ketones is 2. The van der Waals surface area contributed by atoms with Crippen molar-refractivity contribution >= 4 is 30.0 Å². The van der Waals surface area contributed by atoms with Crippen LogP contribution in [0.3, 0.4) is 0 Å². The molecule has 4 N–H and O–H groups in total. The van der Waals surface area contributed by atoms with Crippen molar-refractivity contribution < 1.29 is 99.7 Å². The summed E-state index contributed by atoms with van der Waals surface area (Å²) in [6.45, 7) is 3.96. The summed E-state index contributed by atoms with van der Waals surface area (Å²) in [4.78, 5) is 103. The highest BCUT2D eigenvalue weighted by molar-refractivity contribution is 6.08. The van der Waals surface area contributed by atoms with Gasteiger partial charge in [-0.05, 0) is 72.5 Å². The Morgan fingerprint density at radius 3 is 1.37 bits per heavy atom. The molecule has 89 heavy (non-hydrogen) atoms. The molecule has 0 aliphatic rings. The Bertz CT molecular complexity index is 3720. The van der Waals surface area contributed by atoms with E-state index in [2.05, 4.69) is 24.9 Å². The molecular formula is C62H59F2N5O20. The number of aromatic hydroxyl groups is 3. The van der Waals surface area contributed by atoms with E-state index in [-0.39, 0.29) is 70.2 Å². The van der Waals surface area contributed by atoms with Gasteiger partial charge in [-0.2, -0.15) is 28.8 Å². The van der Waals surface area contributed by atoms with Crippen LogP contribution in [0, 0.1) is 11.6 Å². The first-order valence-electron chi connectivity index (χ1n) is 25.5. The van der Waals surface area contributed by atoms with Crippen molar-refractivity contribution in [2.24, 2.45) is 0 Å². The minimum absolute atomic E-state index is 0.000684. The summed E-state index contributed by atoms with van der Waals surface area (Å²) in [5, 5.41) is 28.0. The Labute approximate surface area is 506 Å². The molecule has 0 aliphatic carbocycles. The minimum atomic E-state index is -0.648. The van der Waals surface area contributed by atoms with E-state index in [1.54, 1.807) is 99.5 Å². The van der Waals surface area contributed by atoms with E-state index in [0.717, 1.165) is 40.8 Å². The van der Waals surface area contributed by atoms with E-state index in [9.17, 15) is 33.4 Å². The number of hydrogen-bond donors (Lipinski definition) is 4. The maximum atomic E-state index is 13.0. The van der Waals surface area contributed by atoms with Gasteiger partial charge in [-0.15, -0.1) is 0 Å². The lowest BCUT2D eigenvalue weighted by atomic mass is 10.1. The fraction of sp³-hybridized carbons (Fsp3) is 0.194. The van der Waals surface area contributed by atoms with Gasteiger partial charge in [0.05, 0.1) is 60.2 Å². The van der Waals surface area contributed by atoms with Crippen LogP contribution in [0.4, 0.5) is 8.78 Å². The molecule has 0 spiro atoms. The fourth-order valence-electron chi connectivity index (χ4n) is 7.18. The Balaban J connectivity index is 0.000000384. The van der Waals surface area contributed by atoms with Crippen LogP contribution in [-0.4, -0.2) is 113 Å². The van der Waals surface area contributed by atoms with Gasteiger partial charge in [0.1, 0.15) is 28.8 Å². The van der Waals surface area contributed by atoms with Gasteiger partial charge in [-0.3, -0.25) is 29.3 Å². The number of carbonyl (C=O) groups is 2. The molecule has 0 amide bonds. The van der Waals surface area contributed by atoms with Crippen LogP contribution in [0.25, 0.3) is 0 Å². The van der Waals surface area contributed by atoms with Crippen LogP contribution in [0.2, 0.25) is 0 Å². The van der Waals surface area contributed by atoms with E-state index in [4.69, 9.17) is 71.1 Å². The Kier molecular flexibility index (Phi) is 33.2. The van der Waals surface area contributed by atoms with Gasteiger partial charge in [0.25, 0.3) is 0 Å². The van der Waals surface area contributed by atoms with Crippen LogP contribution in [0.1, 0.15) is 80.4 Å². The van der Waals surface area contributed by atoms with Gasteiger partial charge in [0.2, 0.25) is 17.0 Å². The number of rotatable bonds is 16. The topological polar surface area (TPSA) is 363 Å². The van der Waals surface area contributed by atoms with Crippen molar-refractivity contribution in [1.82, 2.24) is 24.9 Å². The van der Waals surface area contributed by atoms with Gasteiger partial charge in [-0.1, -0.05) is 38.1 Å². The molecular weight excluding hydrogens is 1170 g/mol. The third kappa shape index (κ3) is 23.6. The number of methoxy groups -OCH3 is 6. The number of aromatic amines is 1. The third-order valence-corrected chi connectivity index (χ3v) is 11.2. The van der Waals surface area contributed by atoms with Gasteiger partial charge in [0, 0.05) is 74.2 Å². The number of aromatic nitrogens is 5. The summed E-state index contributed by atoms with van der Waals surface area (Å²) < 4.78 is 67.3. The molecule has 9 aromatic rings. The van der Waals surface area contributed by atoms with Gasteiger partial charge in [-0.25, -0.2) is 13.8 Å². The second-order valence-electron chi connectivity index (χ2n) is 16.6. The monoisotopic (exact) mass is 1230 g/mol. The van der Waals surface area contributed by atoms with Crippen molar-refractivity contribution in [3.05, 3.63) is 219 Å². The van der Waals surface area contributed by atoms with Crippen molar-refractivity contribution in [2.45, 2.75) is 39.5 Å². The smallest absolute Gasteiger partial charge is 0.373 e. The molecule has 7 aromatic heterocycles. The van der Waals surface area contributed by atoms with E-state index < -0.39 is 22.7 Å².